The molecule has 0 bridgehead atoms. The third-order valence-corrected chi connectivity index (χ3v) is 4.25. The van der Waals surface area contributed by atoms with Gasteiger partial charge >= 0.3 is 6.18 Å². The Bertz CT molecular complexity index is 767. The van der Waals surface area contributed by atoms with Gasteiger partial charge in [0, 0.05) is 11.3 Å². The molecule has 0 heterocycles. The van der Waals surface area contributed by atoms with Gasteiger partial charge in [0.2, 0.25) is 5.91 Å². The first-order valence-electron chi connectivity index (χ1n) is 7.49. The van der Waals surface area contributed by atoms with Crippen molar-refractivity contribution in [1.82, 2.24) is 0 Å². The fraction of sp³-hybridized carbons (Fsp3) is 0.278. The highest BCUT2D eigenvalue weighted by Crippen LogP contribution is 2.52. The number of alkyl halides is 3. The van der Waals surface area contributed by atoms with Crippen molar-refractivity contribution in [3.63, 3.8) is 0 Å². The Morgan fingerprint density at radius 2 is 1.83 bits per heavy atom. The zero-order valence-corrected chi connectivity index (χ0v) is 13.0. The molecular formula is C18H16F3NO2. The smallest absolute Gasteiger partial charge is 0.416 e. The molecule has 1 amide bonds. The van der Waals surface area contributed by atoms with Gasteiger partial charge in [-0.2, -0.15) is 13.2 Å². The van der Waals surface area contributed by atoms with Gasteiger partial charge in [-0.3, -0.25) is 4.79 Å². The average molecular weight is 335 g/mol. The van der Waals surface area contributed by atoms with E-state index in [2.05, 4.69) is 5.32 Å². The Morgan fingerprint density at radius 1 is 1.12 bits per heavy atom. The van der Waals surface area contributed by atoms with Gasteiger partial charge in [-0.05, 0) is 37.1 Å². The van der Waals surface area contributed by atoms with E-state index in [9.17, 15) is 18.0 Å². The van der Waals surface area contributed by atoms with Gasteiger partial charge in [0.1, 0.15) is 5.75 Å². The Kier molecular flexibility index (Phi) is 3.99. The lowest BCUT2D eigenvalue weighted by molar-refractivity contribution is -0.137. The molecule has 1 aliphatic rings. The molecule has 0 aromatic heterocycles. The zero-order valence-electron chi connectivity index (χ0n) is 13.0. The summed E-state index contributed by atoms with van der Waals surface area (Å²) in [6, 6.07) is 11.9. The van der Waals surface area contributed by atoms with E-state index in [0.29, 0.717) is 18.6 Å². The highest BCUT2D eigenvalue weighted by molar-refractivity contribution is 6.01. The van der Waals surface area contributed by atoms with Crippen molar-refractivity contribution < 1.29 is 22.7 Å². The summed E-state index contributed by atoms with van der Waals surface area (Å²) in [6.45, 7) is 0. The number of rotatable bonds is 4. The number of benzene rings is 2. The first kappa shape index (κ1) is 16.4. The summed E-state index contributed by atoms with van der Waals surface area (Å²) < 4.78 is 43.7. The number of methoxy groups -OCH3 is 1. The Morgan fingerprint density at radius 3 is 2.46 bits per heavy atom. The van der Waals surface area contributed by atoms with E-state index in [1.165, 1.54) is 19.2 Å². The van der Waals surface area contributed by atoms with E-state index in [1.54, 1.807) is 6.07 Å². The van der Waals surface area contributed by atoms with Crippen LogP contribution in [0.4, 0.5) is 18.9 Å². The van der Waals surface area contributed by atoms with Gasteiger partial charge < -0.3 is 10.1 Å². The van der Waals surface area contributed by atoms with Crippen molar-refractivity contribution in [1.29, 1.82) is 0 Å². The Balaban J connectivity index is 1.85. The minimum atomic E-state index is -4.44. The lowest BCUT2D eigenvalue weighted by atomic mass is 9.93. The van der Waals surface area contributed by atoms with Crippen molar-refractivity contribution in [2.24, 2.45) is 0 Å². The van der Waals surface area contributed by atoms with Crippen LogP contribution in [-0.4, -0.2) is 13.0 Å². The average Bonchev–Trinajstić information content (AvgIpc) is 3.36. The summed E-state index contributed by atoms with van der Waals surface area (Å²) >= 11 is 0. The van der Waals surface area contributed by atoms with Crippen molar-refractivity contribution in [3.8, 4) is 5.75 Å². The van der Waals surface area contributed by atoms with Gasteiger partial charge in [0.25, 0.3) is 0 Å². The van der Waals surface area contributed by atoms with Crippen LogP contribution in [0.3, 0.4) is 0 Å². The van der Waals surface area contributed by atoms with Crippen molar-refractivity contribution in [2.45, 2.75) is 24.4 Å². The summed E-state index contributed by atoms with van der Waals surface area (Å²) in [5.74, 6) is 0.292. The highest BCUT2D eigenvalue weighted by Gasteiger charge is 2.52. The fourth-order valence-corrected chi connectivity index (χ4v) is 2.81. The lowest BCUT2D eigenvalue weighted by Crippen LogP contribution is -2.28. The van der Waals surface area contributed by atoms with Crippen LogP contribution in [0.25, 0.3) is 0 Å². The molecule has 1 N–H and O–H groups in total. The largest absolute Gasteiger partial charge is 0.496 e. The molecule has 1 aliphatic carbocycles. The summed E-state index contributed by atoms with van der Waals surface area (Å²) in [5.41, 5.74) is -0.628. The molecule has 2 aromatic carbocycles. The van der Waals surface area contributed by atoms with Gasteiger partial charge in [0.05, 0.1) is 18.1 Å². The number of hydrogen-bond donors (Lipinski definition) is 1. The molecule has 0 radical (unpaired) electrons. The van der Waals surface area contributed by atoms with Gasteiger partial charge in [-0.25, -0.2) is 0 Å². The maximum atomic E-state index is 12.8. The van der Waals surface area contributed by atoms with E-state index in [-0.39, 0.29) is 11.6 Å². The first-order chi connectivity index (χ1) is 11.4. The minimum Gasteiger partial charge on any atom is -0.496 e. The summed E-state index contributed by atoms with van der Waals surface area (Å²) in [6.07, 6.45) is -3.17. The van der Waals surface area contributed by atoms with Gasteiger partial charge in [-0.15, -0.1) is 0 Å². The molecule has 24 heavy (non-hydrogen) atoms. The molecule has 0 spiro atoms. The molecule has 1 fully saturated rings. The number of carbonyl (C=O) groups excluding carboxylic acids is 1. The molecule has 0 saturated heterocycles. The number of anilines is 1. The van der Waals surface area contributed by atoms with Crippen LogP contribution < -0.4 is 10.1 Å². The zero-order chi connectivity index (χ0) is 17.4. The molecule has 3 rings (SSSR count). The Labute approximate surface area is 137 Å². The third-order valence-electron chi connectivity index (χ3n) is 4.25. The Hall–Kier alpha value is -2.50. The SMILES string of the molecule is COc1ccccc1C1(C(=O)Nc2cccc(C(F)(F)F)c2)CC1. The standard InChI is InChI=1S/C18H16F3NO2/c1-24-15-8-3-2-7-14(15)17(9-10-17)16(23)22-13-6-4-5-12(11-13)18(19,20)21/h2-8,11H,9-10H2,1H3,(H,22,23). The van der Waals surface area contributed by atoms with E-state index < -0.39 is 17.2 Å². The van der Waals surface area contributed by atoms with Crippen LogP contribution in [0, 0.1) is 0 Å². The molecule has 0 aliphatic heterocycles. The molecule has 6 heteroatoms. The summed E-state index contributed by atoms with van der Waals surface area (Å²) in [5, 5.41) is 2.61. The van der Waals surface area contributed by atoms with E-state index in [0.717, 1.165) is 17.7 Å². The van der Waals surface area contributed by atoms with Crippen LogP contribution in [0.5, 0.6) is 5.75 Å². The van der Waals surface area contributed by atoms with E-state index >= 15 is 0 Å². The molecular weight excluding hydrogens is 319 g/mol. The molecule has 3 nitrogen and oxygen atoms in total. The van der Waals surface area contributed by atoms with E-state index in [1.807, 2.05) is 18.2 Å². The molecule has 1 saturated carbocycles. The molecule has 0 unspecified atom stereocenters. The number of carbonyl (C=O) groups is 1. The van der Waals surface area contributed by atoms with Crippen LogP contribution >= 0.6 is 0 Å². The number of para-hydroxylation sites is 1. The van der Waals surface area contributed by atoms with Gasteiger partial charge in [-0.1, -0.05) is 24.3 Å². The van der Waals surface area contributed by atoms with Crippen LogP contribution in [0.2, 0.25) is 0 Å². The highest BCUT2D eigenvalue weighted by atomic mass is 19.4. The maximum Gasteiger partial charge on any atom is 0.416 e. The lowest BCUT2D eigenvalue weighted by Gasteiger charge is -2.19. The maximum absolute atomic E-state index is 12.8. The molecule has 2 aromatic rings. The third kappa shape index (κ3) is 2.96. The summed E-state index contributed by atoms with van der Waals surface area (Å²) in [7, 11) is 1.53. The minimum absolute atomic E-state index is 0.135. The van der Waals surface area contributed by atoms with Crippen LogP contribution in [0.15, 0.2) is 48.5 Å². The predicted molar refractivity (Wildman–Crippen MR) is 84.0 cm³/mol. The van der Waals surface area contributed by atoms with Crippen molar-refractivity contribution in [3.05, 3.63) is 59.7 Å². The second-order valence-corrected chi connectivity index (χ2v) is 5.82. The number of hydrogen-bond acceptors (Lipinski definition) is 2. The second-order valence-electron chi connectivity index (χ2n) is 5.82. The van der Waals surface area contributed by atoms with E-state index in [4.69, 9.17) is 4.74 Å². The number of halogens is 3. The summed E-state index contributed by atoms with van der Waals surface area (Å²) in [4.78, 5) is 12.7. The number of nitrogens with one attached hydrogen (secondary N) is 1. The fourth-order valence-electron chi connectivity index (χ4n) is 2.81. The van der Waals surface area contributed by atoms with Gasteiger partial charge in [0.15, 0.2) is 0 Å². The topological polar surface area (TPSA) is 38.3 Å². The number of ether oxygens (including phenoxy) is 1. The molecule has 126 valence electrons. The second kappa shape index (κ2) is 5.85. The normalized spacial score (nSPS) is 15.7. The van der Waals surface area contributed by atoms with Crippen LogP contribution in [0.1, 0.15) is 24.0 Å². The van der Waals surface area contributed by atoms with Crippen molar-refractivity contribution >= 4 is 11.6 Å². The quantitative estimate of drug-likeness (QED) is 0.900. The van der Waals surface area contributed by atoms with Crippen molar-refractivity contribution in [2.75, 3.05) is 12.4 Å². The monoisotopic (exact) mass is 335 g/mol. The molecule has 0 atom stereocenters. The first-order valence-corrected chi connectivity index (χ1v) is 7.49. The number of amides is 1. The predicted octanol–water partition coefficient (Wildman–Crippen LogP) is 4.38. The van der Waals surface area contributed by atoms with Crippen LogP contribution in [-0.2, 0) is 16.4 Å².